The highest BCUT2D eigenvalue weighted by molar-refractivity contribution is 6.45. The summed E-state index contributed by atoms with van der Waals surface area (Å²) in [6.07, 6.45) is 0.273. The minimum atomic E-state index is -1.03. The number of fused-ring (bicyclic) bond motifs is 1. The Morgan fingerprint density at radius 1 is 1.07 bits per heavy atom. The third-order valence-corrected chi connectivity index (χ3v) is 5.02. The van der Waals surface area contributed by atoms with Gasteiger partial charge in [0.05, 0.1) is 7.11 Å². The number of nitrogens with zero attached hydrogens (tertiary/aromatic N) is 3. The van der Waals surface area contributed by atoms with Crippen molar-refractivity contribution in [3.05, 3.63) is 35.4 Å². The topological polar surface area (TPSA) is 104 Å². The van der Waals surface area contributed by atoms with Gasteiger partial charge in [-0.05, 0) is 17.0 Å². The summed E-state index contributed by atoms with van der Waals surface area (Å²) < 4.78 is 4.83. The summed E-state index contributed by atoms with van der Waals surface area (Å²) in [7, 11) is 1.24. The van der Waals surface area contributed by atoms with E-state index in [1.165, 1.54) is 12.0 Å². The van der Waals surface area contributed by atoms with Gasteiger partial charge in [-0.25, -0.2) is 14.5 Å². The van der Waals surface area contributed by atoms with Gasteiger partial charge in [-0.1, -0.05) is 38.1 Å². The zero-order valence-electron chi connectivity index (χ0n) is 16.6. The number of carbonyl (C=O) groups excluding carboxylic acids is 5. The summed E-state index contributed by atoms with van der Waals surface area (Å²) in [5, 5.41) is 0. The molecule has 3 rings (SSSR count). The molecule has 1 saturated heterocycles. The molecule has 0 radical (unpaired) electrons. The van der Waals surface area contributed by atoms with Gasteiger partial charge in [0.25, 0.3) is 0 Å². The largest absolute Gasteiger partial charge is 0.467 e. The summed E-state index contributed by atoms with van der Waals surface area (Å²) >= 11 is 0. The molecule has 1 fully saturated rings. The van der Waals surface area contributed by atoms with E-state index in [1.54, 1.807) is 0 Å². The minimum Gasteiger partial charge on any atom is -0.467 e. The van der Waals surface area contributed by atoms with Crippen LogP contribution in [0.25, 0.3) is 0 Å². The number of ether oxygens (including phenoxy) is 1. The van der Waals surface area contributed by atoms with Gasteiger partial charge in [-0.2, -0.15) is 0 Å². The van der Waals surface area contributed by atoms with E-state index in [-0.39, 0.29) is 25.4 Å². The molecule has 0 aliphatic carbocycles. The van der Waals surface area contributed by atoms with Crippen LogP contribution < -0.4 is 0 Å². The number of imide groups is 2. The molecular formula is C20H23N3O6. The smallest absolute Gasteiger partial charge is 0.334 e. The molecule has 9 heteroatoms. The quantitative estimate of drug-likeness (QED) is 0.406. The number of rotatable bonds is 5. The highest BCUT2D eigenvalue weighted by atomic mass is 16.5. The molecule has 0 saturated carbocycles. The van der Waals surface area contributed by atoms with Crippen molar-refractivity contribution in [3.63, 3.8) is 0 Å². The number of hydrogen-bond donors (Lipinski definition) is 0. The average molecular weight is 401 g/mol. The second-order valence-corrected chi connectivity index (χ2v) is 7.52. The first kappa shape index (κ1) is 20.5. The molecular weight excluding hydrogens is 378 g/mol. The van der Waals surface area contributed by atoms with Crippen LogP contribution >= 0.6 is 0 Å². The van der Waals surface area contributed by atoms with E-state index in [0.29, 0.717) is 4.90 Å². The van der Waals surface area contributed by atoms with E-state index in [2.05, 4.69) is 0 Å². The van der Waals surface area contributed by atoms with Gasteiger partial charge in [0.1, 0.15) is 12.6 Å². The molecule has 2 aliphatic rings. The van der Waals surface area contributed by atoms with Crippen LogP contribution in [-0.2, 0) is 36.9 Å². The Morgan fingerprint density at radius 3 is 2.31 bits per heavy atom. The van der Waals surface area contributed by atoms with Crippen LogP contribution in [0.1, 0.15) is 25.0 Å². The first-order chi connectivity index (χ1) is 13.7. The highest BCUT2D eigenvalue weighted by Crippen LogP contribution is 2.25. The fourth-order valence-corrected chi connectivity index (χ4v) is 3.57. The zero-order chi connectivity index (χ0) is 21.3. The first-order valence-electron chi connectivity index (χ1n) is 9.36. The number of hydrogen-bond acceptors (Lipinski definition) is 6. The van der Waals surface area contributed by atoms with Gasteiger partial charge in [0, 0.05) is 19.5 Å². The lowest BCUT2D eigenvalue weighted by Gasteiger charge is -2.35. The number of methoxy groups -OCH3 is 1. The number of urea groups is 1. The van der Waals surface area contributed by atoms with Crippen molar-refractivity contribution < 1.29 is 28.7 Å². The summed E-state index contributed by atoms with van der Waals surface area (Å²) in [4.78, 5) is 64.9. The predicted molar refractivity (Wildman–Crippen MR) is 100 cm³/mol. The van der Waals surface area contributed by atoms with E-state index in [9.17, 15) is 24.0 Å². The average Bonchev–Trinajstić information content (AvgIpc) is 2.90. The molecule has 29 heavy (non-hydrogen) atoms. The Labute approximate surface area is 168 Å². The van der Waals surface area contributed by atoms with Crippen molar-refractivity contribution in [3.8, 4) is 0 Å². The summed E-state index contributed by atoms with van der Waals surface area (Å²) in [6.45, 7) is 3.26. The highest BCUT2D eigenvalue weighted by Gasteiger charge is 2.46. The zero-order valence-corrected chi connectivity index (χ0v) is 16.6. The molecule has 2 heterocycles. The summed E-state index contributed by atoms with van der Waals surface area (Å²) in [5.41, 5.74) is 1.80. The molecule has 0 spiro atoms. The standard InChI is InChI=1S/C20H23N3O6/c1-12(2)9-22-17(25)18(26)23(20(22)28)11-16(24)21-10-14-7-5-4-6-13(14)8-15(21)19(27)29-3/h4-7,12,15H,8-11H2,1-3H3/t15-/m0/s1. The Kier molecular flexibility index (Phi) is 5.67. The maximum absolute atomic E-state index is 13.0. The van der Waals surface area contributed by atoms with Crippen molar-refractivity contribution in [2.75, 3.05) is 20.2 Å². The van der Waals surface area contributed by atoms with Gasteiger partial charge in [0.2, 0.25) is 5.91 Å². The second-order valence-electron chi connectivity index (χ2n) is 7.52. The predicted octanol–water partition coefficient (Wildman–Crippen LogP) is 0.560. The van der Waals surface area contributed by atoms with Crippen LogP contribution in [0.4, 0.5) is 4.79 Å². The van der Waals surface area contributed by atoms with E-state index in [1.807, 2.05) is 38.1 Å². The second kappa shape index (κ2) is 8.02. The van der Waals surface area contributed by atoms with Crippen LogP contribution in [0.5, 0.6) is 0 Å². The first-order valence-corrected chi connectivity index (χ1v) is 9.36. The third-order valence-electron chi connectivity index (χ3n) is 5.02. The number of carbonyl (C=O) groups is 5. The molecule has 1 atom stereocenters. The molecule has 1 aromatic carbocycles. The van der Waals surface area contributed by atoms with Crippen molar-refractivity contribution in [2.45, 2.75) is 32.9 Å². The van der Waals surface area contributed by atoms with Crippen molar-refractivity contribution >= 4 is 29.7 Å². The Hall–Kier alpha value is -3.23. The Bertz CT molecular complexity index is 881. The molecule has 5 amide bonds. The molecule has 0 N–H and O–H groups in total. The van der Waals surface area contributed by atoms with Crippen LogP contribution in [0, 0.1) is 5.92 Å². The number of esters is 1. The number of amides is 5. The van der Waals surface area contributed by atoms with E-state index in [0.717, 1.165) is 16.0 Å². The van der Waals surface area contributed by atoms with Gasteiger partial charge in [-0.3, -0.25) is 19.3 Å². The monoisotopic (exact) mass is 401 g/mol. The van der Waals surface area contributed by atoms with Crippen LogP contribution in [0.3, 0.4) is 0 Å². The fourth-order valence-electron chi connectivity index (χ4n) is 3.57. The lowest BCUT2D eigenvalue weighted by molar-refractivity contribution is -0.154. The van der Waals surface area contributed by atoms with E-state index in [4.69, 9.17) is 4.74 Å². The lowest BCUT2D eigenvalue weighted by atomic mass is 9.94. The van der Waals surface area contributed by atoms with Crippen molar-refractivity contribution in [1.82, 2.24) is 14.7 Å². The van der Waals surface area contributed by atoms with Crippen LogP contribution in [0.15, 0.2) is 24.3 Å². The third kappa shape index (κ3) is 3.85. The van der Waals surface area contributed by atoms with E-state index >= 15 is 0 Å². The summed E-state index contributed by atoms with van der Waals surface area (Å²) in [6, 6.07) is 5.73. The van der Waals surface area contributed by atoms with Gasteiger partial charge < -0.3 is 9.64 Å². The SMILES string of the molecule is COC(=O)[C@@H]1Cc2ccccc2CN1C(=O)CN1C(=O)C(=O)N(CC(C)C)C1=O. The normalized spacial score (nSPS) is 19.1. The minimum absolute atomic E-state index is 0.0198. The maximum Gasteiger partial charge on any atom is 0.334 e. The van der Waals surface area contributed by atoms with Crippen LogP contribution in [-0.4, -0.2) is 70.7 Å². The molecule has 0 aromatic heterocycles. The fraction of sp³-hybridized carbons (Fsp3) is 0.450. The van der Waals surface area contributed by atoms with Gasteiger partial charge in [0.15, 0.2) is 0 Å². The summed E-state index contributed by atoms with van der Waals surface area (Å²) in [5.74, 6) is -3.17. The lowest BCUT2D eigenvalue weighted by Crippen LogP contribution is -2.52. The van der Waals surface area contributed by atoms with Crippen molar-refractivity contribution in [1.29, 1.82) is 0 Å². The molecule has 2 aliphatic heterocycles. The van der Waals surface area contributed by atoms with Crippen molar-refractivity contribution in [2.24, 2.45) is 5.92 Å². The molecule has 0 bridgehead atoms. The maximum atomic E-state index is 13.0. The Morgan fingerprint density at radius 2 is 1.69 bits per heavy atom. The molecule has 0 unspecified atom stereocenters. The molecule has 1 aromatic rings. The molecule has 154 valence electrons. The van der Waals surface area contributed by atoms with Gasteiger partial charge >= 0.3 is 23.8 Å². The van der Waals surface area contributed by atoms with Crippen LogP contribution in [0.2, 0.25) is 0 Å². The van der Waals surface area contributed by atoms with E-state index < -0.39 is 42.3 Å². The number of benzene rings is 1. The Balaban J connectivity index is 1.81. The van der Waals surface area contributed by atoms with Gasteiger partial charge in [-0.15, -0.1) is 0 Å². The molecule has 9 nitrogen and oxygen atoms in total.